The molecule has 0 aliphatic carbocycles. The van der Waals surface area contributed by atoms with Crippen LogP contribution in [0.15, 0.2) is 76.1 Å². The molecule has 1 N–H and O–H groups in total. The van der Waals surface area contributed by atoms with Crippen LogP contribution in [0.25, 0.3) is 0 Å². The maximum Gasteiger partial charge on any atom is 0.264 e. The van der Waals surface area contributed by atoms with Crippen LogP contribution >= 0.6 is 27.7 Å². The lowest BCUT2D eigenvalue weighted by molar-refractivity contribution is -0.119. The number of aryl methyl sites for hydroxylation is 2. The third-order valence-corrected chi connectivity index (χ3v) is 9.00. The van der Waals surface area contributed by atoms with Crippen LogP contribution in [0.3, 0.4) is 0 Å². The molecule has 192 valence electrons. The van der Waals surface area contributed by atoms with Crippen LogP contribution in [0.5, 0.6) is 5.75 Å². The van der Waals surface area contributed by atoms with Crippen LogP contribution in [-0.2, 0) is 20.6 Å². The van der Waals surface area contributed by atoms with Crippen molar-refractivity contribution in [3.63, 3.8) is 0 Å². The Morgan fingerprint density at radius 1 is 1.00 bits per heavy atom. The highest BCUT2D eigenvalue weighted by atomic mass is 79.9. The van der Waals surface area contributed by atoms with Crippen LogP contribution < -0.4 is 14.4 Å². The van der Waals surface area contributed by atoms with E-state index >= 15 is 0 Å². The van der Waals surface area contributed by atoms with Gasteiger partial charge in [-0.1, -0.05) is 47.5 Å². The molecule has 0 saturated carbocycles. The van der Waals surface area contributed by atoms with E-state index in [-0.39, 0.29) is 17.3 Å². The fourth-order valence-corrected chi connectivity index (χ4v) is 6.48. The molecular formula is C27H31BrN2O4S2. The number of nitrogens with zero attached hydrogens (tertiary/aromatic N) is 1. The molecule has 3 rings (SSSR count). The lowest BCUT2D eigenvalue weighted by atomic mass is 10.2. The maximum atomic E-state index is 13.6. The lowest BCUT2D eigenvalue weighted by Crippen LogP contribution is -2.41. The minimum Gasteiger partial charge on any atom is -0.496 e. The van der Waals surface area contributed by atoms with E-state index in [1.165, 1.54) is 30.4 Å². The second-order valence-electron chi connectivity index (χ2n) is 8.39. The molecule has 0 fully saturated rings. The summed E-state index contributed by atoms with van der Waals surface area (Å²) in [7, 11) is -2.49. The number of methoxy groups -OCH3 is 1. The molecule has 3 aromatic carbocycles. The molecule has 0 saturated heterocycles. The van der Waals surface area contributed by atoms with Crippen molar-refractivity contribution in [3.05, 3.63) is 87.9 Å². The van der Waals surface area contributed by atoms with Gasteiger partial charge in [0.2, 0.25) is 5.91 Å². The highest BCUT2D eigenvalue weighted by Crippen LogP contribution is 2.30. The summed E-state index contributed by atoms with van der Waals surface area (Å²) in [5.41, 5.74) is 3.94. The summed E-state index contributed by atoms with van der Waals surface area (Å²) >= 11 is 5.16. The average molecular weight is 592 g/mol. The van der Waals surface area contributed by atoms with Crippen molar-refractivity contribution in [1.29, 1.82) is 0 Å². The molecule has 36 heavy (non-hydrogen) atoms. The van der Waals surface area contributed by atoms with E-state index in [1.807, 2.05) is 30.8 Å². The molecule has 0 aliphatic heterocycles. The molecule has 1 amide bonds. The van der Waals surface area contributed by atoms with Crippen LogP contribution in [0, 0.1) is 13.8 Å². The van der Waals surface area contributed by atoms with Crippen LogP contribution in [0.1, 0.15) is 23.1 Å². The first-order valence-corrected chi connectivity index (χ1v) is 14.9. The van der Waals surface area contributed by atoms with Gasteiger partial charge in [-0.2, -0.15) is 11.8 Å². The number of carbonyl (C=O) groups is 1. The van der Waals surface area contributed by atoms with Gasteiger partial charge in [-0.25, -0.2) is 8.42 Å². The Labute approximate surface area is 226 Å². The number of hydrogen-bond donors (Lipinski definition) is 1. The molecule has 0 radical (unpaired) electrons. The minimum atomic E-state index is -4.00. The van der Waals surface area contributed by atoms with Crippen molar-refractivity contribution in [1.82, 2.24) is 5.32 Å². The van der Waals surface area contributed by atoms with Gasteiger partial charge in [0.1, 0.15) is 12.3 Å². The van der Waals surface area contributed by atoms with E-state index < -0.39 is 10.0 Å². The Morgan fingerprint density at radius 2 is 1.64 bits per heavy atom. The van der Waals surface area contributed by atoms with Crippen molar-refractivity contribution >= 4 is 49.3 Å². The SMILES string of the molecule is COc1ccc(S(=O)(=O)N(CC(=O)NCCCSCc2ccc(C)cc2)c2ccc(C)cc2)cc1Br. The van der Waals surface area contributed by atoms with E-state index in [4.69, 9.17) is 4.74 Å². The molecule has 6 nitrogen and oxygen atoms in total. The second-order valence-corrected chi connectivity index (χ2v) is 12.2. The third kappa shape index (κ3) is 7.75. The summed E-state index contributed by atoms with van der Waals surface area (Å²) in [6.45, 7) is 4.16. The summed E-state index contributed by atoms with van der Waals surface area (Å²) in [6.07, 6.45) is 0.797. The Kier molecular flexibility index (Phi) is 10.3. The highest BCUT2D eigenvalue weighted by molar-refractivity contribution is 9.10. The number of benzene rings is 3. The number of thioether (sulfide) groups is 1. The Morgan fingerprint density at radius 3 is 2.25 bits per heavy atom. The Bertz CT molecular complexity index is 1260. The monoisotopic (exact) mass is 590 g/mol. The van der Waals surface area contributed by atoms with Crippen molar-refractivity contribution < 1.29 is 17.9 Å². The van der Waals surface area contributed by atoms with Crippen LogP contribution in [0.2, 0.25) is 0 Å². The predicted molar refractivity (Wildman–Crippen MR) is 151 cm³/mol. The molecule has 0 heterocycles. The van der Waals surface area contributed by atoms with Gasteiger partial charge in [0, 0.05) is 12.3 Å². The first kappa shape index (κ1) is 28.1. The van der Waals surface area contributed by atoms with Gasteiger partial charge < -0.3 is 10.1 Å². The van der Waals surface area contributed by atoms with Crippen molar-refractivity contribution in [2.24, 2.45) is 0 Å². The lowest BCUT2D eigenvalue weighted by Gasteiger charge is -2.24. The molecule has 0 aliphatic rings. The summed E-state index contributed by atoms with van der Waals surface area (Å²) in [4.78, 5) is 12.8. The zero-order valence-corrected chi connectivity index (χ0v) is 23.9. The van der Waals surface area contributed by atoms with Crippen molar-refractivity contribution in [2.45, 2.75) is 30.9 Å². The standard InChI is InChI=1S/C27H31BrN2O4S2/c1-20-5-9-22(10-6-20)19-35-16-4-15-29-27(31)18-30(23-11-7-21(2)8-12-23)36(32,33)24-13-14-26(34-3)25(28)17-24/h5-14,17H,4,15-16,18-19H2,1-3H3,(H,29,31). The summed E-state index contributed by atoms with van der Waals surface area (Å²) < 4.78 is 34.0. The first-order valence-electron chi connectivity index (χ1n) is 11.5. The van der Waals surface area contributed by atoms with E-state index in [0.29, 0.717) is 22.5 Å². The molecule has 0 spiro atoms. The number of sulfonamides is 1. The largest absolute Gasteiger partial charge is 0.496 e. The molecule has 0 unspecified atom stereocenters. The Balaban J connectivity index is 1.62. The number of amides is 1. The second kappa shape index (κ2) is 13.2. The van der Waals surface area contributed by atoms with Gasteiger partial charge in [0.25, 0.3) is 10.0 Å². The number of rotatable bonds is 12. The van der Waals surface area contributed by atoms with Crippen molar-refractivity contribution in [3.8, 4) is 5.75 Å². The smallest absolute Gasteiger partial charge is 0.264 e. The number of nitrogens with one attached hydrogen (secondary N) is 1. The van der Waals surface area contributed by atoms with Crippen LogP contribution in [0.4, 0.5) is 5.69 Å². The average Bonchev–Trinajstić information content (AvgIpc) is 2.86. The first-order chi connectivity index (χ1) is 17.2. The van der Waals surface area contributed by atoms with Gasteiger partial charge in [0.15, 0.2) is 0 Å². The van der Waals surface area contributed by atoms with Gasteiger partial charge in [-0.05, 0) is 77.8 Å². The Hall–Kier alpha value is -2.49. The topological polar surface area (TPSA) is 75.7 Å². The fourth-order valence-electron chi connectivity index (χ4n) is 3.42. The minimum absolute atomic E-state index is 0.0658. The normalized spacial score (nSPS) is 11.2. The summed E-state index contributed by atoms with van der Waals surface area (Å²) in [6, 6.07) is 20.1. The number of anilines is 1. The quantitative estimate of drug-likeness (QED) is 0.273. The number of halogens is 1. The maximum absolute atomic E-state index is 13.6. The summed E-state index contributed by atoms with van der Waals surface area (Å²) in [5, 5.41) is 2.87. The molecule has 3 aromatic rings. The van der Waals surface area contributed by atoms with Crippen molar-refractivity contribution in [2.75, 3.05) is 30.3 Å². The fraction of sp³-hybridized carbons (Fsp3) is 0.296. The molecule has 9 heteroatoms. The summed E-state index contributed by atoms with van der Waals surface area (Å²) in [5.74, 6) is 1.99. The van der Waals surface area contributed by atoms with Gasteiger partial charge in [-0.3, -0.25) is 9.10 Å². The third-order valence-electron chi connectivity index (χ3n) is 5.50. The zero-order valence-electron chi connectivity index (χ0n) is 20.7. The predicted octanol–water partition coefficient (Wildman–Crippen LogP) is 5.71. The highest BCUT2D eigenvalue weighted by Gasteiger charge is 2.28. The number of hydrogen-bond acceptors (Lipinski definition) is 5. The zero-order chi connectivity index (χ0) is 26.1. The molecule has 0 aromatic heterocycles. The number of carbonyl (C=O) groups excluding carboxylic acids is 1. The van der Waals surface area contributed by atoms with Crippen LogP contribution in [-0.4, -0.2) is 40.3 Å². The van der Waals surface area contributed by atoms with Gasteiger partial charge in [-0.15, -0.1) is 0 Å². The van der Waals surface area contributed by atoms with E-state index in [9.17, 15) is 13.2 Å². The van der Waals surface area contributed by atoms with E-state index in [0.717, 1.165) is 27.8 Å². The molecule has 0 atom stereocenters. The molecule has 0 bridgehead atoms. The van der Waals surface area contributed by atoms with Gasteiger partial charge in [0.05, 0.1) is 22.2 Å². The van der Waals surface area contributed by atoms with Gasteiger partial charge >= 0.3 is 0 Å². The molecular weight excluding hydrogens is 560 g/mol. The van der Waals surface area contributed by atoms with E-state index in [1.54, 1.807) is 18.2 Å². The van der Waals surface area contributed by atoms with E-state index in [2.05, 4.69) is 52.4 Å². The number of ether oxygens (including phenoxy) is 1.